The fourth-order valence-electron chi connectivity index (χ4n) is 1.70. The topological polar surface area (TPSA) is 110 Å². The van der Waals surface area contributed by atoms with E-state index in [9.17, 15) is 18.0 Å². The number of carboxylic acid groups (broad SMARTS) is 1. The highest BCUT2D eigenvalue weighted by Gasteiger charge is 2.32. The Balaban J connectivity index is 2.36. The van der Waals surface area contributed by atoms with E-state index in [0.717, 1.165) is 6.07 Å². The molecule has 9 heteroatoms. The van der Waals surface area contributed by atoms with Crippen LogP contribution in [0, 0.1) is 0 Å². The highest BCUT2D eigenvalue weighted by molar-refractivity contribution is 7.89. The smallest absolute Gasteiger partial charge is 0.335 e. The molecule has 1 aliphatic heterocycles. The third-order valence-electron chi connectivity index (χ3n) is 2.70. The molecule has 0 amide bonds. The van der Waals surface area contributed by atoms with E-state index in [1.54, 1.807) is 0 Å². The predicted octanol–water partition coefficient (Wildman–Crippen LogP) is 0.632. The number of hydrogen-bond acceptors (Lipinski definition) is 5. The van der Waals surface area contributed by atoms with Gasteiger partial charge in [0.1, 0.15) is 10.9 Å². The van der Waals surface area contributed by atoms with Crippen LogP contribution in [0.2, 0.25) is 5.02 Å². The number of benzene rings is 1. The van der Waals surface area contributed by atoms with Gasteiger partial charge in [0.05, 0.1) is 17.2 Å². The van der Waals surface area contributed by atoms with Crippen LogP contribution in [0.1, 0.15) is 16.8 Å². The van der Waals surface area contributed by atoms with E-state index in [2.05, 4.69) is 9.46 Å². The molecule has 20 heavy (non-hydrogen) atoms. The summed E-state index contributed by atoms with van der Waals surface area (Å²) in [4.78, 5) is 21.7. The first-order valence-corrected chi connectivity index (χ1v) is 7.39. The van der Waals surface area contributed by atoms with E-state index in [4.69, 9.17) is 16.7 Å². The van der Waals surface area contributed by atoms with Gasteiger partial charge in [-0.2, -0.15) is 4.72 Å². The van der Waals surface area contributed by atoms with Crippen molar-refractivity contribution in [3.8, 4) is 0 Å². The van der Waals surface area contributed by atoms with Gasteiger partial charge in [0.15, 0.2) is 0 Å². The molecule has 0 radical (unpaired) electrons. The molecule has 1 unspecified atom stereocenters. The van der Waals surface area contributed by atoms with Crippen LogP contribution in [-0.4, -0.2) is 38.1 Å². The molecule has 2 N–H and O–H groups in total. The van der Waals surface area contributed by atoms with E-state index in [1.165, 1.54) is 12.1 Å². The summed E-state index contributed by atoms with van der Waals surface area (Å²) in [6.07, 6.45) is 0.217. The molecular weight excluding hydrogens is 310 g/mol. The summed E-state index contributed by atoms with van der Waals surface area (Å²) in [7, 11) is -4.11. The van der Waals surface area contributed by atoms with Gasteiger partial charge in [-0.1, -0.05) is 11.6 Å². The summed E-state index contributed by atoms with van der Waals surface area (Å²) >= 11 is 5.78. The van der Waals surface area contributed by atoms with Crippen molar-refractivity contribution in [2.45, 2.75) is 17.4 Å². The van der Waals surface area contributed by atoms with Gasteiger partial charge in [-0.05, 0) is 18.2 Å². The van der Waals surface area contributed by atoms with Crippen LogP contribution in [0.25, 0.3) is 0 Å². The van der Waals surface area contributed by atoms with Gasteiger partial charge >= 0.3 is 11.9 Å². The van der Waals surface area contributed by atoms with Gasteiger partial charge in [-0.15, -0.1) is 0 Å². The Hall–Kier alpha value is -1.64. The third-order valence-corrected chi connectivity index (χ3v) is 4.65. The zero-order valence-electron chi connectivity index (χ0n) is 10.00. The van der Waals surface area contributed by atoms with Crippen molar-refractivity contribution in [3.63, 3.8) is 0 Å². The summed E-state index contributed by atoms with van der Waals surface area (Å²) in [6, 6.07) is 2.32. The average molecular weight is 320 g/mol. The van der Waals surface area contributed by atoms with Crippen LogP contribution in [0.3, 0.4) is 0 Å². The van der Waals surface area contributed by atoms with Crippen molar-refractivity contribution in [3.05, 3.63) is 28.8 Å². The number of ether oxygens (including phenoxy) is 1. The van der Waals surface area contributed by atoms with Gasteiger partial charge in [-0.25, -0.2) is 13.2 Å². The number of rotatable bonds is 4. The minimum atomic E-state index is -4.11. The minimum Gasteiger partial charge on any atom is -0.478 e. The van der Waals surface area contributed by atoms with Crippen LogP contribution in [0.5, 0.6) is 0 Å². The molecule has 0 bridgehead atoms. The van der Waals surface area contributed by atoms with Crippen molar-refractivity contribution in [2.24, 2.45) is 0 Å². The van der Waals surface area contributed by atoms with Gasteiger partial charge in [-0.3, -0.25) is 4.79 Å². The van der Waals surface area contributed by atoms with Crippen LogP contribution in [-0.2, 0) is 19.6 Å². The van der Waals surface area contributed by atoms with Gasteiger partial charge in [0.2, 0.25) is 10.0 Å². The largest absolute Gasteiger partial charge is 0.478 e. The van der Waals surface area contributed by atoms with Crippen molar-refractivity contribution >= 4 is 33.6 Å². The molecule has 108 valence electrons. The summed E-state index contributed by atoms with van der Waals surface area (Å²) < 4.78 is 31.1. The molecule has 1 heterocycles. The van der Waals surface area contributed by atoms with Crippen LogP contribution >= 0.6 is 11.6 Å². The second kappa shape index (κ2) is 5.39. The van der Waals surface area contributed by atoms with E-state index < -0.39 is 32.9 Å². The zero-order valence-corrected chi connectivity index (χ0v) is 11.6. The molecule has 0 spiro atoms. The highest BCUT2D eigenvalue weighted by Crippen LogP contribution is 2.23. The molecule has 1 fully saturated rings. The first-order valence-electron chi connectivity index (χ1n) is 5.53. The maximum atomic E-state index is 12.1. The van der Waals surface area contributed by atoms with Crippen LogP contribution in [0.15, 0.2) is 23.1 Å². The molecule has 0 saturated carbocycles. The number of carboxylic acids is 1. The number of aromatic carboxylic acids is 1. The lowest BCUT2D eigenvalue weighted by Gasteiger charge is -2.11. The molecule has 7 nitrogen and oxygen atoms in total. The lowest BCUT2D eigenvalue weighted by Crippen LogP contribution is -2.38. The molecular formula is C11H10ClNO6S. The Morgan fingerprint density at radius 2 is 2.15 bits per heavy atom. The second-order valence-corrected chi connectivity index (χ2v) is 6.17. The van der Waals surface area contributed by atoms with Crippen molar-refractivity contribution in [1.82, 2.24) is 4.72 Å². The summed E-state index contributed by atoms with van der Waals surface area (Å²) in [5.74, 6) is -1.95. The molecule has 2 rings (SSSR count). The Labute approximate surface area is 119 Å². The standard InChI is InChI=1S/C11H10ClNO6S/c12-7-2-1-6(10(14)15)5-9(7)20(17,18)13-8-3-4-19-11(8)16/h1-2,5,8,13H,3-4H2,(H,14,15). The maximum Gasteiger partial charge on any atom is 0.335 e. The minimum absolute atomic E-state index is 0.131. The zero-order chi connectivity index (χ0) is 14.9. The fraction of sp³-hybridized carbons (Fsp3) is 0.273. The molecule has 1 aromatic rings. The van der Waals surface area contributed by atoms with Gasteiger partial charge in [0.25, 0.3) is 0 Å². The number of carbonyl (C=O) groups excluding carboxylic acids is 1. The van der Waals surface area contributed by atoms with E-state index in [1.807, 2.05) is 0 Å². The Morgan fingerprint density at radius 3 is 2.70 bits per heavy atom. The molecule has 0 aliphatic carbocycles. The van der Waals surface area contributed by atoms with Gasteiger partial charge < -0.3 is 9.84 Å². The highest BCUT2D eigenvalue weighted by atomic mass is 35.5. The van der Waals surface area contributed by atoms with Crippen molar-refractivity contribution in [1.29, 1.82) is 0 Å². The number of halogens is 1. The summed E-state index contributed by atoms with van der Waals surface area (Å²) in [5.41, 5.74) is -0.219. The average Bonchev–Trinajstić information content (AvgIpc) is 2.74. The number of nitrogens with one attached hydrogen (secondary N) is 1. The molecule has 1 aromatic carbocycles. The van der Waals surface area contributed by atoms with Crippen LogP contribution < -0.4 is 4.72 Å². The van der Waals surface area contributed by atoms with E-state index in [0.29, 0.717) is 0 Å². The third kappa shape index (κ3) is 2.92. The first-order chi connectivity index (χ1) is 9.31. The monoisotopic (exact) mass is 319 g/mol. The molecule has 0 aromatic heterocycles. The maximum absolute atomic E-state index is 12.1. The second-order valence-electron chi connectivity index (χ2n) is 4.08. The molecule has 1 saturated heterocycles. The first kappa shape index (κ1) is 14.8. The SMILES string of the molecule is O=C(O)c1ccc(Cl)c(S(=O)(=O)NC2CCOC2=O)c1. The van der Waals surface area contributed by atoms with E-state index >= 15 is 0 Å². The Bertz CT molecular complexity index is 671. The quantitative estimate of drug-likeness (QED) is 0.788. The van der Waals surface area contributed by atoms with Gasteiger partial charge in [0, 0.05) is 6.42 Å². The van der Waals surface area contributed by atoms with Crippen LogP contribution in [0.4, 0.5) is 0 Å². The normalized spacial score (nSPS) is 18.9. The lowest BCUT2D eigenvalue weighted by molar-refractivity contribution is -0.139. The molecule has 1 atom stereocenters. The lowest BCUT2D eigenvalue weighted by atomic mass is 10.2. The molecule has 1 aliphatic rings. The number of sulfonamides is 1. The number of cyclic esters (lactones) is 1. The Morgan fingerprint density at radius 1 is 1.45 bits per heavy atom. The fourth-order valence-corrected chi connectivity index (χ4v) is 3.44. The summed E-state index contributed by atoms with van der Waals surface area (Å²) in [6.45, 7) is 0.134. The number of carbonyl (C=O) groups is 2. The summed E-state index contributed by atoms with van der Waals surface area (Å²) in [5, 5.41) is 8.73. The van der Waals surface area contributed by atoms with Crippen molar-refractivity contribution in [2.75, 3.05) is 6.61 Å². The van der Waals surface area contributed by atoms with Crippen molar-refractivity contribution < 1.29 is 27.9 Å². The Kier molecular flexibility index (Phi) is 3.98. The predicted molar refractivity (Wildman–Crippen MR) is 68.1 cm³/mol. The number of hydrogen-bond donors (Lipinski definition) is 2. The van der Waals surface area contributed by atoms with E-state index in [-0.39, 0.29) is 23.6 Å². The number of esters is 1.